The predicted octanol–water partition coefficient (Wildman–Crippen LogP) is 3.07. The molecule has 0 spiro atoms. The maximum atomic E-state index is 12.3. The van der Waals surface area contributed by atoms with Gasteiger partial charge in [0.05, 0.1) is 22.7 Å². The van der Waals surface area contributed by atoms with Crippen LogP contribution in [0.1, 0.15) is 32.0 Å². The summed E-state index contributed by atoms with van der Waals surface area (Å²) in [5.41, 5.74) is 1.35. The number of nitrogens with zero attached hydrogens (tertiary/aromatic N) is 2. The Hall–Kier alpha value is -1.86. The van der Waals surface area contributed by atoms with Crippen molar-refractivity contribution in [3.63, 3.8) is 0 Å². The van der Waals surface area contributed by atoms with E-state index in [2.05, 4.69) is 10.4 Å². The fraction of sp³-hybridized carbons (Fsp3) is 0.412. The Kier molecular flexibility index (Phi) is 4.88. The molecule has 1 N–H and O–H groups in total. The molecule has 0 radical (unpaired) electrons. The Morgan fingerprint density at radius 3 is 2.64 bits per heavy atom. The largest absolute Gasteiger partial charge is 0.484 e. The van der Waals surface area contributed by atoms with E-state index in [4.69, 9.17) is 16.3 Å². The number of benzene rings is 1. The summed E-state index contributed by atoms with van der Waals surface area (Å²) in [5, 5.41) is 8.03. The average molecular weight is 382 g/mol. The first-order valence-corrected chi connectivity index (χ1v) is 9.75. The Morgan fingerprint density at radius 2 is 2.00 bits per heavy atom. The van der Waals surface area contributed by atoms with Gasteiger partial charge in [0.25, 0.3) is 5.91 Å². The highest BCUT2D eigenvalue weighted by molar-refractivity contribution is 7.83. The third-order valence-corrected chi connectivity index (χ3v) is 5.20. The molecule has 1 aliphatic heterocycles. The van der Waals surface area contributed by atoms with Gasteiger partial charge in [0.2, 0.25) is 0 Å². The van der Waals surface area contributed by atoms with Crippen molar-refractivity contribution in [1.82, 2.24) is 9.78 Å². The van der Waals surface area contributed by atoms with Crippen molar-refractivity contribution in [1.29, 1.82) is 0 Å². The molecule has 0 saturated heterocycles. The second-order valence-corrected chi connectivity index (χ2v) is 8.77. The molecule has 6 nitrogen and oxygen atoms in total. The number of fused-ring (bicyclic) bond motifs is 1. The van der Waals surface area contributed by atoms with Crippen LogP contribution in [0.2, 0.25) is 5.02 Å². The van der Waals surface area contributed by atoms with Gasteiger partial charge in [0.1, 0.15) is 11.6 Å². The van der Waals surface area contributed by atoms with E-state index in [9.17, 15) is 9.00 Å². The van der Waals surface area contributed by atoms with Gasteiger partial charge < -0.3 is 10.1 Å². The predicted molar refractivity (Wildman–Crippen MR) is 98.4 cm³/mol. The molecule has 8 heteroatoms. The molecule has 1 amide bonds. The van der Waals surface area contributed by atoms with Gasteiger partial charge in [-0.2, -0.15) is 5.10 Å². The monoisotopic (exact) mass is 381 g/mol. The number of amides is 1. The number of anilines is 1. The van der Waals surface area contributed by atoms with E-state index in [1.165, 1.54) is 0 Å². The second kappa shape index (κ2) is 6.80. The number of hydrogen-bond donors (Lipinski definition) is 1. The molecule has 134 valence electrons. The molecule has 1 aliphatic rings. The number of halogens is 1. The molecule has 1 aromatic heterocycles. The molecule has 3 rings (SSSR count). The van der Waals surface area contributed by atoms with Crippen LogP contribution in [-0.4, -0.2) is 26.5 Å². The number of rotatable bonds is 4. The summed E-state index contributed by atoms with van der Waals surface area (Å²) < 4.78 is 19.1. The zero-order valence-corrected chi connectivity index (χ0v) is 15.9. The Bertz CT molecular complexity index is 825. The summed E-state index contributed by atoms with van der Waals surface area (Å²) in [6.07, 6.45) is 0. The van der Waals surface area contributed by atoms with Gasteiger partial charge in [0, 0.05) is 21.4 Å². The van der Waals surface area contributed by atoms with E-state index < -0.39 is 10.8 Å². The molecule has 25 heavy (non-hydrogen) atoms. The number of hydrogen-bond acceptors (Lipinski definition) is 4. The molecule has 1 atom stereocenters. The van der Waals surface area contributed by atoms with Crippen molar-refractivity contribution in [3.05, 3.63) is 40.5 Å². The summed E-state index contributed by atoms with van der Waals surface area (Å²) >= 11 is 5.83. The first-order valence-electron chi connectivity index (χ1n) is 7.88. The summed E-state index contributed by atoms with van der Waals surface area (Å²) in [7, 11) is -0.955. The first kappa shape index (κ1) is 17.9. The van der Waals surface area contributed by atoms with Crippen LogP contribution in [0.3, 0.4) is 0 Å². The summed E-state index contributed by atoms with van der Waals surface area (Å²) in [4.78, 5) is 12.3. The highest BCUT2D eigenvalue weighted by atomic mass is 35.5. The molecule has 2 aromatic rings. The van der Waals surface area contributed by atoms with Gasteiger partial charge in [-0.15, -0.1) is 0 Å². The third-order valence-electron chi connectivity index (χ3n) is 3.75. The lowest BCUT2D eigenvalue weighted by molar-refractivity contribution is -0.118. The summed E-state index contributed by atoms with van der Waals surface area (Å²) in [6, 6.07) is 6.81. The molecular weight excluding hydrogens is 362 g/mol. The second-order valence-electron chi connectivity index (χ2n) is 6.88. The molecule has 1 aromatic carbocycles. The van der Waals surface area contributed by atoms with Crippen molar-refractivity contribution in [2.75, 3.05) is 11.9 Å². The zero-order chi connectivity index (χ0) is 18.2. The molecule has 2 heterocycles. The maximum Gasteiger partial charge on any atom is 0.263 e. The van der Waals surface area contributed by atoms with Crippen LogP contribution in [0.4, 0.5) is 5.82 Å². The van der Waals surface area contributed by atoms with E-state index in [-0.39, 0.29) is 18.1 Å². The summed E-state index contributed by atoms with van der Waals surface area (Å²) in [5.74, 6) is 1.73. The first-order chi connectivity index (χ1) is 11.7. The highest BCUT2D eigenvalue weighted by Crippen LogP contribution is 2.32. The van der Waals surface area contributed by atoms with Gasteiger partial charge in [0.15, 0.2) is 6.61 Å². The smallest absolute Gasteiger partial charge is 0.263 e. The zero-order valence-electron chi connectivity index (χ0n) is 14.3. The molecule has 0 bridgehead atoms. The minimum atomic E-state index is -0.955. The number of ether oxygens (including phenoxy) is 1. The van der Waals surface area contributed by atoms with E-state index in [0.29, 0.717) is 28.1 Å². The van der Waals surface area contributed by atoms with Gasteiger partial charge in [-0.25, -0.2) is 4.68 Å². The normalized spacial score (nSPS) is 16.6. The number of aromatic nitrogens is 2. The molecule has 0 fully saturated rings. The molecule has 0 saturated carbocycles. The van der Waals surface area contributed by atoms with Gasteiger partial charge in [-0.05, 0) is 45.0 Å². The van der Waals surface area contributed by atoms with Crippen molar-refractivity contribution in [3.8, 4) is 5.75 Å². The quantitative estimate of drug-likeness (QED) is 0.883. The van der Waals surface area contributed by atoms with Crippen molar-refractivity contribution < 1.29 is 13.7 Å². The number of carbonyl (C=O) groups excluding carboxylic acids is 1. The number of nitrogens with one attached hydrogen (secondary N) is 1. The third kappa shape index (κ3) is 4.04. The highest BCUT2D eigenvalue weighted by Gasteiger charge is 2.31. The minimum absolute atomic E-state index is 0.130. The summed E-state index contributed by atoms with van der Waals surface area (Å²) in [6.45, 7) is 5.89. The van der Waals surface area contributed by atoms with Crippen LogP contribution in [0.15, 0.2) is 24.3 Å². The standard InChI is InChI=1S/C17H20ClN3O3S/c1-17(2,3)21-16(13-9-25(23)10-14(13)20-21)19-15(22)8-24-12-6-4-11(18)5-7-12/h4-7H,8-10H2,1-3H3,(H,19,22)/t25-/m0/s1. The van der Waals surface area contributed by atoms with Crippen molar-refractivity contribution >= 4 is 34.1 Å². The molecule has 0 aliphatic carbocycles. The Morgan fingerprint density at radius 1 is 1.32 bits per heavy atom. The Labute approximate surface area is 154 Å². The van der Waals surface area contributed by atoms with Crippen molar-refractivity contribution in [2.24, 2.45) is 0 Å². The van der Waals surface area contributed by atoms with E-state index in [1.807, 2.05) is 20.8 Å². The minimum Gasteiger partial charge on any atom is -0.484 e. The fourth-order valence-electron chi connectivity index (χ4n) is 2.59. The van der Waals surface area contributed by atoms with Crippen LogP contribution in [0.25, 0.3) is 0 Å². The van der Waals surface area contributed by atoms with Gasteiger partial charge >= 0.3 is 0 Å². The maximum absolute atomic E-state index is 12.3. The van der Waals surface area contributed by atoms with Gasteiger partial charge in [-0.3, -0.25) is 9.00 Å². The lowest BCUT2D eigenvalue weighted by Crippen LogP contribution is -2.29. The molecular formula is C17H20ClN3O3S. The van der Waals surface area contributed by atoms with E-state index in [1.54, 1.807) is 28.9 Å². The van der Waals surface area contributed by atoms with Gasteiger partial charge in [-0.1, -0.05) is 11.6 Å². The van der Waals surface area contributed by atoms with E-state index in [0.717, 1.165) is 11.3 Å². The fourth-order valence-corrected chi connectivity index (χ4v) is 3.98. The van der Waals surface area contributed by atoms with Crippen LogP contribution >= 0.6 is 11.6 Å². The lowest BCUT2D eigenvalue weighted by atomic mass is 10.1. The topological polar surface area (TPSA) is 73.2 Å². The van der Waals surface area contributed by atoms with Crippen LogP contribution in [0, 0.1) is 0 Å². The Balaban J connectivity index is 1.74. The van der Waals surface area contributed by atoms with Crippen molar-refractivity contribution in [2.45, 2.75) is 37.8 Å². The van der Waals surface area contributed by atoms with Crippen LogP contribution < -0.4 is 10.1 Å². The number of carbonyl (C=O) groups is 1. The molecule has 0 unspecified atom stereocenters. The van der Waals surface area contributed by atoms with Crippen LogP contribution in [-0.2, 0) is 32.6 Å². The SMILES string of the molecule is CC(C)(C)n1nc2c(c1NC(=O)COc1ccc(Cl)cc1)C[S@](=O)C2. The average Bonchev–Trinajstić information content (AvgIpc) is 3.04. The van der Waals surface area contributed by atoms with Crippen LogP contribution in [0.5, 0.6) is 5.75 Å². The lowest BCUT2D eigenvalue weighted by Gasteiger charge is -2.23. The van der Waals surface area contributed by atoms with E-state index >= 15 is 0 Å².